The van der Waals surface area contributed by atoms with Crippen LogP contribution in [-0.2, 0) is 0 Å². The Bertz CT molecular complexity index is 1120. The largest absolute Gasteiger partial charge is 0.390 e. The van der Waals surface area contributed by atoms with Crippen LogP contribution in [0.1, 0.15) is 61.9 Å². The van der Waals surface area contributed by atoms with Crippen molar-refractivity contribution in [2.45, 2.75) is 63.8 Å². The molecule has 8 nitrogen and oxygen atoms in total. The molecule has 2 saturated carbocycles. The highest BCUT2D eigenvalue weighted by atomic mass is 19.1. The highest BCUT2D eigenvalue weighted by molar-refractivity contribution is 6.00. The molecule has 2 fully saturated rings. The standard InChI is InChI=1S/C24H28F2N6O2/c1-23(2,34)24(5-6-24)13-30-22(33)17-12-28-20(9-19(17)31-16-4-3-15(25)8-16)32-21-18(26)7-14(10-27)11-29-21/h7,9,11-12,15-16,34H,3-6,8,13H2,1-2H3,(H,30,33)(H2,28,29,31,32). The molecule has 2 heterocycles. The number of amides is 1. The molecule has 2 unspecified atom stereocenters. The van der Waals surface area contributed by atoms with Gasteiger partial charge in [0, 0.05) is 36.5 Å². The van der Waals surface area contributed by atoms with Crippen LogP contribution in [0.5, 0.6) is 0 Å². The van der Waals surface area contributed by atoms with E-state index in [2.05, 4.69) is 25.9 Å². The molecule has 0 radical (unpaired) electrons. The maximum Gasteiger partial charge on any atom is 0.254 e. The predicted molar refractivity (Wildman–Crippen MR) is 123 cm³/mol. The van der Waals surface area contributed by atoms with Gasteiger partial charge in [0.15, 0.2) is 11.6 Å². The fourth-order valence-electron chi connectivity index (χ4n) is 4.31. The first-order valence-corrected chi connectivity index (χ1v) is 11.3. The molecular formula is C24H28F2N6O2. The average Bonchev–Trinajstić information content (AvgIpc) is 3.49. The van der Waals surface area contributed by atoms with Crippen molar-refractivity contribution >= 4 is 23.2 Å². The molecule has 0 bridgehead atoms. The highest BCUT2D eigenvalue weighted by Gasteiger charge is 2.53. The summed E-state index contributed by atoms with van der Waals surface area (Å²) in [7, 11) is 0. The number of aliphatic hydroxyl groups is 1. The maximum atomic E-state index is 14.3. The Morgan fingerprint density at radius 3 is 2.65 bits per heavy atom. The Labute approximate surface area is 196 Å². The van der Waals surface area contributed by atoms with Crippen LogP contribution in [0.4, 0.5) is 26.1 Å². The van der Waals surface area contributed by atoms with Crippen LogP contribution in [-0.4, -0.2) is 45.3 Å². The Kier molecular flexibility index (Phi) is 6.41. The van der Waals surface area contributed by atoms with Gasteiger partial charge in [-0.15, -0.1) is 0 Å². The Hall–Kier alpha value is -3.32. The molecule has 0 aliphatic heterocycles. The van der Waals surface area contributed by atoms with Crippen molar-refractivity contribution in [3.05, 3.63) is 41.5 Å². The van der Waals surface area contributed by atoms with E-state index in [0.717, 1.165) is 18.9 Å². The molecular weight excluding hydrogens is 442 g/mol. The molecule has 34 heavy (non-hydrogen) atoms. The lowest BCUT2D eigenvalue weighted by molar-refractivity contribution is 0.00303. The van der Waals surface area contributed by atoms with Crippen molar-refractivity contribution in [3.63, 3.8) is 0 Å². The third-order valence-corrected chi connectivity index (χ3v) is 6.83. The van der Waals surface area contributed by atoms with Crippen LogP contribution in [0.15, 0.2) is 24.5 Å². The van der Waals surface area contributed by atoms with Crippen molar-refractivity contribution in [1.29, 1.82) is 5.26 Å². The van der Waals surface area contributed by atoms with Crippen molar-refractivity contribution in [2.24, 2.45) is 5.41 Å². The first-order valence-electron chi connectivity index (χ1n) is 11.3. The van der Waals surface area contributed by atoms with E-state index < -0.39 is 17.6 Å². The molecule has 1 amide bonds. The smallest absolute Gasteiger partial charge is 0.254 e. The zero-order valence-electron chi connectivity index (χ0n) is 19.2. The summed E-state index contributed by atoms with van der Waals surface area (Å²) in [6, 6.07) is 4.30. The van der Waals surface area contributed by atoms with Gasteiger partial charge in [0.1, 0.15) is 18.1 Å². The number of nitriles is 1. The zero-order chi connectivity index (χ0) is 24.5. The summed E-state index contributed by atoms with van der Waals surface area (Å²) < 4.78 is 28.0. The van der Waals surface area contributed by atoms with Crippen LogP contribution in [0.25, 0.3) is 0 Å². The van der Waals surface area contributed by atoms with Crippen molar-refractivity contribution in [3.8, 4) is 6.07 Å². The predicted octanol–water partition coefficient (Wildman–Crippen LogP) is 3.81. The maximum absolute atomic E-state index is 14.3. The number of nitrogens with one attached hydrogen (secondary N) is 3. The number of rotatable bonds is 8. The zero-order valence-corrected chi connectivity index (χ0v) is 19.2. The van der Waals surface area contributed by atoms with E-state index >= 15 is 0 Å². The second-order valence-electron chi connectivity index (χ2n) is 9.68. The summed E-state index contributed by atoms with van der Waals surface area (Å²) in [6.45, 7) is 3.81. The van der Waals surface area contributed by atoms with Crippen molar-refractivity contribution < 1.29 is 18.7 Å². The van der Waals surface area contributed by atoms with E-state index in [4.69, 9.17) is 5.26 Å². The summed E-state index contributed by atoms with van der Waals surface area (Å²) in [5.41, 5.74) is -0.460. The summed E-state index contributed by atoms with van der Waals surface area (Å²) >= 11 is 0. The molecule has 2 aliphatic carbocycles. The molecule has 2 aliphatic rings. The first-order chi connectivity index (χ1) is 16.1. The number of hydrogen-bond donors (Lipinski definition) is 4. The second-order valence-corrected chi connectivity index (χ2v) is 9.68. The molecule has 2 atom stereocenters. The number of nitrogens with zero attached hydrogens (tertiary/aromatic N) is 3. The Morgan fingerprint density at radius 2 is 2.06 bits per heavy atom. The van der Waals surface area contributed by atoms with Gasteiger partial charge in [0.25, 0.3) is 5.91 Å². The van der Waals surface area contributed by atoms with E-state index in [1.807, 2.05) is 6.07 Å². The third kappa shape index (κ3) is 5.09. The van der Waals surface area contributed by atoms with Crippen molar-refractivity contribution in [1.82, 2.24) is 15.3 Å². The van der Waals surface area contributed by atoms with E-state index in [0.29, 0.717) is 31.5 Å². The van der Waals surface area contributed by atoms with E-state index in [1.165, 1.54) is 12.4 Å². The Balaban J connectivity index is 1.55. The minimum atomic E-state index is -0.911. The molecule has 180 valence electrons. The van der Waals surface area contributed by atoms with Crippen LogP contribution in [0.3, 0.4) is 0 Å². The molecule has 2 aromatic heterocycles. The van der Waals surface area contributed by atoms with Gasteiger partial charge in [0.2, 0.25) is 0 Å². The van der Waals surface area contributed by atoms with Gasteiger partial charge in [-0.1, -0.05) is 0 Å². The number of carbonyl (C=O) groups excluding carboxylic acids is 1. The van der Waals surface area contributed by atoms with Crippen molar-refractivity contribution in [2.75, 3.05) is 17.2 Å². The van der Waals surface area contributed by atoms with Gasteiger partial charge in [-0.25, -0.2) is 18.7 Å². The van der Waals surface area contributed by atoms with Gasteiger partial charge >= 0.3 is 0 Å². The summed E-state index contributed by atoms with van der Waals surface area (Å²) in [5.74, 6) is -0.954. The second kappa shape index (κ2) is 9.14. The fraction of sp³-hybridized carbons (Fsp3) is 0.500. The van der Waals surface area contributed by atoms with Crippen LogP contribution < -0.4 is 16.0 Å². The van der Waals surface area contributed by atoms with Gasteiger partial charge in [0.05, 0.1) is 22.4 Å². The minimum absolute atomic E-state index is 0.0897. The lowest BCUT2D eigenvalue weighted by Gasteiger charge is -2.29. The molecule has 0 spiro atoms. The monoisotopic (exact) mass is 470 g/mol. The molecule has 0 aromatic carbocycles. The van der Waals surface area contributed by atoms with Crippen LogP contribution in [0, 0.1) is 22.6 Å². The fourth-order valence-corrected chi connectivity index (χ4v) is 4.31. The molecule has 2 aromatic rings. The average molecular weight is 471 g/mol. The summed E-state index contributed by atoms with van der Waals surface area (Å²) in [6.07, 6.45) is 4.77. The van der Waals surface area contributed by atoms with E-state index in [9.17, 15) is 18.7 Å². The normalized spacial score (nSPS) is 20.9. The third-order valence-electron chi connectivity index (χ3n) is 6.83. The lowest BCUT2D eigenvalue weighted by Crippen LogP contribution is -2.42. The highest BCUT2D eigenvalue weighted by Crippen LogP contribution is 2.53. The summed E-state index contributed by atoms with van der Waals surface area (Å²) in [4.78, 5) is 21.2. The minimum Gasteiger partial charge on any atom is -0.390 e. The Morgan fingerprint density at radius 1 is 1.29 bits per heavy atom. The van der Waals surface area contributed by atoms with Gasteiger partial charge in [-0.3, -0.25) is 4.79 Å². The molecule has 10 heteroatoms. The lowest BCUT2D eigenvalue weighted by atomic mass is 9.87. The number of halogens is 2. The number of carbonyl (C=O) groups is 1. The number of hydrogen-bond acceptors (Lipinski definition) is 7. The van der Waals surface area contributed by atoms with E-state index in [-0.39, 0.29) is 40.1 Å². The number of pyridine rings is 2. The molecule has 4 N–H and O–H groups in total. The summed E-state index contributed by atoms with van der Waals surface area (Å²) in [5, 5.41) is 28.2. The number of alkyl halides is 1. The quantitative estimate of drug-likeness (QED) is 0.463. The number of aromatic nitrogens is 2. The van der Waals surface area contributed by atoms with Gasteiger partial charge < -0.3 is 21.1 Å². The van der Waals surface area contributed by atoms with E-state index in [1.54, 1.807) is 19.9 Å². The molecule has 0 saturated heterocycles. The topological polar surface area (TPSA) is 123 Å². The SMILES string of the molecule is CC(C)(O)C1(CNC(=O)c2cnc(Nc3ncc(C#N)cc3F)cc2NC2CCC(F)C2)CC1. The van der Waals surface area contributed by atoms with Crippen LogP contribution >= 0.6 is 0 Å². The number of anilines is 3. The van der Waals surface area contributed by atoms with Gasteiger partial charge in [-0.05, 0) is 52.0 Å². The first kappa shape index (κ1) is 23.8. The molecule has 4 rings (SSSR count). The van der Waals surface area contributed by atoms with Gasteiger partial charge in [-0.2, -0.15) is 5.26 Å². The van der Waals surface area contributed by atoms with Crippen LogP contribution in [0.2, 0.25) is 0 Å².